The van der Waals surface area contributed by atoms with Crippen LogP contribution in [0.25, 0.3) is 0 Å². The second-order valence-electron chi connectivity index (χ2n) is 3.83. The number of benzene rings is 1. The van der Waals surface area contributed by atoms with Gasteiger partial charge in [-0.3, -0.25) is 4.79 Å². The minimum atomic E-state index is -0.401. The summed E-state index contributed by atoms with van der Waals surface area (Å²) in [5, 5.41) is 0. The number of esters is 1. The maximum atomic E-state index is 11.8. The van der Waals surface area contributed by atoms with Crippen LogP contribution in [0.2, 0.25) is 0 Å². The summed E-state index contributed by atoms with van der Waals surface area (Å²) in [5.74, 6) is 0.105. The number of rotatable bonds is 2. The predicted molar refractivity (Wildman–Crippen MR) is 71.5 cm³/mol. The number of halogens is 1. The predicted octanol–water partition coefficient (Wildman–Crippen LogP) is 3.08. The van der Waals surface area contributed by atoms with Gasteiger partial charge in [-0.15, -0.1) is 0 Å². The van der Waals surface area contributed by atoms with Crippen molar-refractivity contribution in [2.45, 2.75) is 19.3 Å². The molecule has 0 aliphatic heterocycles. The van der Waals surface area contributed by atoms with Gasteiger partial charge in [-0.2, -0.15) is 0 Å². The van der Waals surface area contributed by atoms with E-state index in [1.165, 1.54) is 6.08 Å². The van der Waals surface area contributed by atoms with E-state index in [-0.39, 0.29) is 5.78 Å². The second kappa shape index (κ2) is 5.44. The van der Waals surface area contributed by atoms with Gasteiger partial charge in [0.25, 0.3) is 0 Å². The Kier molecular flexibility index (Phi) is 3.93. The SMILES string of the molecule is O=C1C=C(OC(=O)c2ccc(I)cc2)CCC1. The Morgan fingerprint density at radius 1 is 1.18 bits per heavy atom. The van der Waals surface area contributed by atoms with Crippen LogP contribution < -0.4 is 0 Å². The molecule has 0 aromatic heterocycles. The summed E-state index contributed by atoms with van der Waals surface area (Å²) in [4.78, 5) is 22.9. The standard InChI is InChI=1S/C13H11IO3/c14-10-6-4-9(5-7-10)13(16)17-12-3-1-2-11(15)8-12/h4-8H,1-3H2. The minimum Gasteiger partial charge on any atom is -0.427 e. The van der Waals surface area contributed by atoms with Crippen molar-refractivity contribution in [3.05, 3.63) is 45.2 Å². The monoisotopic (exact) mass is 342 g/mol. The summed E-state index contributed by atoms with van der Waals surface area (Å²) in [7, 11) is 0. The van der Waals surface area contributed by atoms with Gasteiger partial charge in [0.05, 0.1) is 5.56 Å². The van der Waals surface area contributed by atoms with E-state index in [2.05, 4.69) is 22.6 Å². The summed E-state index contributed by atoms with van der Waals surface area (Å²) in [6, 6.07) is 7.12. The average molecular weight is 342 g/mol. The molecular formula is C13H11IO3. The van der Waals surface area contributed by atoms with Gasteiger partial charge in [0.2, 0.25) is 0 Å². The maximum absolute atomic E-state index is 11.8. The van der Waals surface area contributed by atoms with Crippen LogP contribution >= 0.6 is 22.6 Å². The van der Waals surface area contributed by atoms with Crippen molar-refractivity contribution >= 4 is 34.3 Å². The number of ether oxygens (including phenoxy) is 1. The van der Waals surface area contributed by atoms with Gasteiger partial charge in [0.15, 0.2) is 5.78 Å². The van der Waals surface area contributed by atoms with Crippen molar-refractivity contribution in [3.8, 4) is 0 Å². The molecule has 4 heteroatoms. The summed E-state index contributed by atoms with van der Waals surface area (Å²) in [5.41, 5.74) is 0.504. The molecule has 2 rings (SSSR count). The summed E-state index contributed by atoms with van der Waals surface area (Å²) in [6.45, 7) is 0. The van der Waals surface area contributed by atoms with E-state index in [0.29, 0.717) is 24.2 Å². The van der Waals surface area contributed by atoms with Crippen molar-refractivity contribution in [1.82, 2.24) is 0 Å². The molecule has 88 valence electrons. The highest BCUT2D eigenvalue weighted by molar-refractivity contribution is 14.1. The molecule has 17 heavy (non-hydrogen) atoms. The first-order chi connectivity index (χ1) is 8.15. The number of carbonyl (C=O) groups excluding carboxylic acids is 2. The Balaban J connectivity index is 2.06. The van der Waals surface area contributed by atoms with Gasteiger partial charge >= 0.3 is 5.97 Å². The number of ketones is 1. The summed E-state index contributed by atoms with van der Waals surface area (Å²) < 4.78 is 6.25. The van der Waals surface area contributed by atoms with Gasteiger partial charge < -0.3 is 4.74 Å². The third kappa shape index (κ3) is 3.39. The molecule has 0 saturated heterocycles. The molecule has 0 amide bonds. The molecule has 0 atom stereocenters. The van der Waals surface area contributed by atoms with Crippen LogP contribution in [0, 0.1) is 3.57 Å². The van der Waals surface area contributed by atoms with Crippen molar-refractivity contribution < 1.29 is 14.3 Å². The van der Waals surface area contributed by atoms with Gasteiger partial charge in [-0.1, -0.05) is 0 Å². The highest BCUT2D eigenvalue weighted by Crippen LogP contribution is 2.18. The number of allylic oxidation sites excluding steroid dienone is 2. The third-order valence-electron chi connectivity index (χ3n) is 2.47. The Morgan fingerprint density at radius 2 is 1.88 bits per heavy atom. The molecule has 0 radical (unpaired) electrons. The maximum Gasteiger partial charge on any atom is 0.343 e. The molecule has 1 aliphatic carbocycles. The number of hydrogen-bond acceptors (Lipinski definition) is 3. The quantitative estimate of drug-likeness (QED) is 0.613. The first-order valence-electron chi connectivity index (χ1n) is 5.36. The van der Waals surface area contributed by atoms with Crippen LogP contribution in [0.3, 0.4) is 0 Å². The van der Waals surface area contributed by atoms with Gasteiger partial charge in [0, 0.05) is 22.5 Å². The number of hydrogen-bond donors (Lipinski definition) is 0. The fraction of sp³-hybridized carbons (Fsp3) is 0.231. The molecule has 1 aromatic rings. The van der Waals surface area contributed by atoms with Crippen molar-refractivity contribution in [3.63, 3.8) is 0 Å². The van der Waals surface area contributed by atoms with E-state index in [1.54, 1.807) is 12.1 Å². The molecular weight excluding hydrogens is 331 g/mol. The Bertz CT molecular complexity index is 474. The van der Waals surface area contributed by atoms with Crippen molar-refractivity contribution in [1.29, 1.82) is 0 Å². The lowest BCUT2D eigenvalue weighted by Crippen LogP contribution is -2.10. The molecule has 1 aliphatic rings. The lowest BCUT2D eigenvalue weighted by Gasteiger charge is -2.12. The summed E-state index contributed by atoms with van der Waals surface area (Å²) in [6.07, 6.45) is 3.38. The van der Waals surface area contributed by atoms with Crippen molar-refractivity contribution in [2.75, 3.05) is 0 Å². The van der Waals surface area contributed by atoms with Gasteiger partial charge in [-0.25, -0.2) is 4.79 Å². The molecule has 0 saturated carbocycles. The van der Waals surface area contributed by atoms with Gasteiger partial charge in [-0.05, 0) is 53.3 Å². The molecule has 0 N–H and O–H groups in total. The summed E-state index contributed by atoms with van der Waals surface area (Å²) >= 11 is 2.17. The zero-order valence-corrected chi connectivity index (χ0v) is 11.3. The lowest BCUT2D eigenvalue weighted by molar-refractivity contribution is -0.115. The Labute approximate surface area is 113 Å². The van der Waals surface area contributed by atoms with Crippen LogP contribution in [0.1, 0.15) is 29.6 Å². The smallest absolute Gasteiger partial charge is 0.343 e. The molecule has 0 spiro atoms. The van der Waals surface area contributed by atoms with Crippen molar-refractivity contribution in [2.24, 2.45) is 0 Å². The van der Waals surface area contributed by atoms with E-state index in [0.717, 1.165) is 9.99 Å². The average Bonchev–Trinajstić information content (AvgIpc) is 2.29. The van der Waals surface area contributed by atoms with Crippen LogP contribution in [0.5, 0.6) is 0 Å². The molecule has 0 unspecified atom stereocenters. The zero-order valence-electron chi connectivity index (χ0n) is 9.11. The molecule has 0 fully saturated rings. The fourth-order valence-electron chi connectivity index (χ4n) is 1.61. The Morgan fingerprint density at radius 3 is 2.53 bits per heavy atom. The second-order valence-corrected chi connectivity index (χ2v) is 5.07. The van der Waals surface area contributed by atoms with E-state index in [4.69, 9.17) is 4.74 Å². The third-order valence-corrected chi connectivity index (χ3v) is 3.19. The highest BCUT2D eigenvalue weighted by Gasteiger charge is 2.15. The molecule has 0 bridgehead atoms. The highest BCUT2D eigenvalue weighted by atomic mass is 127. The molecule has 3 nitrogen and oxygen atoms in total. The Hall–Kier alpha value is -1.17. The van der Waals surface area contributed by atoms with Gasteiger partial charge in [0.1, 0.15) is 5.76 Å². The van der Waals surface area contributed by atoms with E-state index in [9.17, 15) is 9.59 Å². The first-order valence-corrected chi connectivity index (χ1v) is 6.44. The topological polar surface area (TPSA) is 43.4 Å². The number of carbonyl (C=O) groups is 2. The van der Waals surface area contributed by atoms with Crippen LogP contribution in [0.15, 0.2) is 36.1 Å². The fourth-order valence-corrected chi connectivity index (χ4v) is 1.96. The first kappa shape index (κ1) is 12.3. The van der Waals surface area contributed by atoms with E-state index >= 15 is 0 Å². The lowest BCUT2D eigenvalue weighted by atomic mass is 10.1. The molecule has 0 heterocycles. The van der Waals surface area contributed by atoms with E-state index < -0.39 is 5.97 Å². The van der Waals surface area contributed by atoms with E-state index in [1.807, 2.05) is 12.1 Å². The van der Waals surface area contributed by atoms with Crippen LogP contribution in [0.4, 0.5) is 0 Å². The van der Waals surface area contributed by atoms with Crippen LogP contribution in [-0.2, 0) is 9.53 Å². The minimum absolute atomic E-state index is 0.0293. The normalized spacial score (nSPS) is 15.4. The van der Waals surface area contributed by atoms with Crippen LogP contribution in [-0.4, -0.2) is 11.8 Å². The largest absolute Gasteiger partial charge is 0.427 e. The zero-order chi connectivity index (χ0) is 12.3. The molecule has 1 aromatic carbocycles.